The number of hydrogen-bond donors (Lipinski definition) is 2. The molecule has 1 aromatic heterocycles. The number of hydrogen-bond acceptors (Lipinski definition) is 6. The molecule has 0 atom stereocenters. The van der Waals surface area contributed by atoms with E-state index in [2.05, 4.69) is 20.4 Å². The monoisotopic (exact) mass is 319 g/mol. The molecule has 0 unspecified atom stereocenters. The number of benzene rings is 1. The number of aromatic nitrogens is 2. The zero-order valence-electron chi connectivity index (χ0n) is 13.5. The molecule has 0 spiro atoms. The third kappa shape index (κ3) is 4.87. The Bertz CT molecular complexity index is 669. The number of nitrogens with two attached hydrogens (primary N) is 1. The van der Waals surface area contributed by atoms with Gasteiger partial charge < -0.3 is 25.0 Å². The highest BCUT2D eigenvalue weighted by Gasteiger charge is 2.05. The molecular formula is C15H21N5O3. The summed E-state index contributed by atoms with van der Waals surface area (Å²) >= 11 is 0. The van der Waals surface area contributed by atoms with Crippen LogP contribution < -0.4 is 20.5 Å². The lowest BCUT2D eigenvalue weighted by Crippen LogP contribution is -2.33. The second-order valence-corrected chi connectivity index (χ2v) is 4.80. The first-order valence-electron chi connectivity index (χ1n) is 7.16. The highest BCUT2D eigenvalue weighted by atomic mass is 16.5. The normalized spacial score (nSPS) is 11.3. The number of nitrogens with zero attached hydrogens (tertiary/aromatic N) is 3. The molecule has 0 saturated heterocycles. The van der Waals surface area contributed by atoms with Gasteiger partial charge in [-0.2, -0.15) is 4.98 Å². The number of guanidine groups is 1. The summed E-state index contributed by atoms with van der Waals surface area (Å²) in [6.45, 7) is 2.66. The van der Waals surface area contributed by atoms with Gasteiger partial charge in [0.1, 0.15) is 6.54 Å². The summed E-state index contributed by atoms with van der Waals surface area (Å²) in [5.74, 6) is 2.77. The quantitative estimate of drug-likeness (QED) is 0.580. The molecule has 0 fully saturated rings. The van der Waals surface area contributed by atoms with Crippen molar-refractivity contribution >= 4 is 5.96 Å². The van der Waals surface area contributed by atoms with Gasteiger partial charge in [0.05, 0.1) is 14.2 Å². The molecule has 0 saturated carbocycles. The van der Waals surface area contributed by atoms with E-state index < -0.39 is 0 Å². The number of rotatable bonds is 7. The van der Waals surface area contributed by atoms with E-state index in [1.807, 2.05) is 18.2 Å². The summed E-state index contributed by atoms with van der Waals surface area (Å²) < 4.78 is 15.4. The Labute approximate surface area is 134 Å². The Hall–Kier alpha value is -2.77. The molecule has 0 aliphatic rings. The molecule has 8 nitrogen and oxygen atoms in total. The van der Waals surface area contributed by atoms with Crippen LogP contribution in [0.5, 0.6) is 11.5 Å². The minimum Gasteiger partial charge on any atom is -0.493 e. The van der Waals surface area contributed by atoms with E-state index in [9.17, 15) is 0 Å². The van der Waals surface area contributed by atoms with Gasteiger partial charge in [-0.15, -0.1) is 0 Å². The molecule has 3 N–H and O–H groups in total. The number of methoxy groups -OCH3 is 2. The van der Waals surface area contributed by atoms with Crippen molar-refractivity contribution in [1.29, 1.82) is 0 Å². The second-order valence-electron chi connectivity index (χ2n) is 4.80. The zero-order chi connectivity index (χ0) is 16.7. The molecule has 2 aromatic rings. The zero-order valence-corrected chi connectivity index (χ0v) is 13.5. The summed E-state index contributed by atoms with van der Waals surface area (Å²) in [7, 11) is 3.23. The van der Waals surface area contributed by atoms with Crippen molar-refractivity contribution in [3.63, 3.8) is 0 Å². The van der Waals surface area contributed by atoms with Gasteiger partial charge in [-0.05, 0) is 31.0 Å². The van der Waals surface area contributed by atoms with E-state index in [-0.39, 0.29) is 6.54 Å². The average Bonchev–Trinajstić information content (AvgIpc) is 2.98. The highest BCUT2D eigenvalue weighted by molar-refractivity contribution is 5.77. The average molecular weight is 319 g/mol. The molecule has 0 aliphatic carbocycles. The Morgan fingerprint density at radius 3 is 2.74 bits per heavy atom. The molecule has 1 heterocycles. The minimum atomic E-state index is 0.260. The molecule has 1 aromatic carbocycles. The Kier molecular flexibility index (Phi) is 5.79. The largest absolute Gasteiger partial charge is 0.493 e. The minimum absolute atomic E-state index is 0.260. The van der Waals surface area contributed by atoms with Crippen molar-refractivity contribution < 1.29 is 14.0 Å². The predicted octanol–water partition coefficient (Wildman–Crippen LogP) is 1.04. The van der Waals surface area contributed by atoms with Crippen molar-refractivity contribution in [3.05, 3.63) is 35.5 Å². The van der Waals surface area contributed by atoms with Crippen molar-refractivity contribution in [1.82, 2.24) is 15.5 Å². The van der Waals surface area contributed by atoms with Crippen LogP contribution in [0, 0.1) is 6.92 Å². The fraction of sp³-hybridized carbons (Fsp3) is 0.400. The van der Waals surface area contributed by atoms with Gasteiger partial charge in [-0.25, -0.2) is 4.99 Å². The van der Waals surface area contributed by atoms with Gasteiger partial charge in [-0.3, -0.25) is 0 Å². The Morgan fingerprint density at radius 2 is 2.09 bits per heavy atom. The lowest BCUT2D eigenvalue weighted by atomic mass is 10.1. The Balaban J connectivity index is 1.82. The summed E-state index contributed by atoms with van der Waals surface area (Å²) in [6.07, 6.45) is 0.774. The lowest BCUT2D eigenvalue weighted by Gasteiger charge is -2.10. The van der Waals surface area contributed by atoms with Gasteiger partial charge in [0.2, 0.25) is 5.89 Å². The molecule has 8 heteroatoms. The van der Waals surface area contributed by atoms with Crippen molar-refractivity contribution in [2.45, 2.75) is 19.9 Å². The summed E-state index contributed by atoms with van der Waals surface area (Å²) in [6, 6.07) is 5.80. The van der Waals surface area contributed by atoms with Crippen LogP contribution in [0.25, 0.3) is 0 Å². The lowest BCUT2D eigenvalue weighted by molar-refractivity contribution is 0.354. The molecule has 0 amide bonds. The first-order chi connectivity index (χ1) is 11.1. The summed E-state index contributed by atoms with van der Waals surface area (Å²) in [5, 5.41) is 6.73. The molecular weight excluding hydrogens is 298 g/mol. The van der Waals surface area contributed by atoms with Crippen LogP contribution in [0.3, 0.4) is 0 Å². The third-order valence-corrected chi connectivity index (χ3v) is 3.12. The van der Waals surface area contributed by atoms with E-state index >= 15 is 0 Å². The van der Waals surface area contributed by atoms with Crippen molar-refractivity contribution in [2.75, 3.05) is 20.8 Å². The molecule has 0 aliphatic heterocycles. The molecule has 124 valence electrons. The fourth-order valence-electron chi connectivity index (χ4n) is 1.98. The number of ether oxygens (including phenoxy) is 2. The SMILES string of the molecule is COc1ccc(CCNC(N)=NCc2nc(C)no2)cc1OC. The van der Waals surface area contributed by atoms with E-state index in [0.717, 1.165) is 12.0 Å². The van der Waals surface area contributed by atoms with E-state index in [0.29, 0.717) is 35.7 Å². The van der Waals surface area contributed by atoms with E-state index in [1.54, 1.807) is 21.1 Å². The summed E-state index contributed by atoms with van der Waals surface area (Å²) in [5.41, 5.74) is 6.91. The number of aliphatic imine (C=N–C) groups is 1. The van der Waals surface area contributed by atoms with Gasteiger partial charge in [0, 0.05) is 6.54 Å². The van der Waals surface area contributed by atoms with Gasteiger partial charge in [0.25, 0.3) is 0 Å². The molecule has 23 heavy (non-hydrogen) atoms. The van der Waals surface area contributed by atoms with E-state index in [1.165, 1.54) is 0 Å². The smallest absolute Gasteiger partial charge is 0.248 e. The van der Waals surface area contributed by atoms with Crippen LogP contribution in [-0.4, -0.2) is 36.9 Å². The maximum absolute atomic E-state index is 5.80. The summed E-state index contributed by atoms with van der Waals surface area (Å²) in [4.78, 5) is 8.19. The number of aryl methyl sites for hydroxylation is 1. The van der Waals surface area contributed by atoms with Gasteiger partial charge >= 0.3 is 0 Å². The third-order valence-electron chi connectivity index (χ3n) is 3.12. The van der Waals surface area contributed by atoms with Crippen LogP contribution >= 0.6 is 0 Å². The fourth-order valence-corrected chi connectivity index (χ4v) is 1.98. The Morgan fingerprint density at radius 1 is 1.30 bits per heavy atom. The first kappa shape index (κ1) is 16.6. The second kappa shape index (κ2) is 8.02. The van der Waals surface area contributed by atoms with E-state index in [4.69, 9.17) is 19.7 Å². The maximum atomic E-state index is 5.80. The predicted molar refractivity (Wildman–Crippen MR) is 85.6 cm³/mol. The van der Waals surface area contributed by atoms with Crippen molar-refractivity contribution in [2.24, 2.45) is 10.7 Å². The molecule has 0 radical (unpaired) electrons. The standard InChI is InChI=1S/C15H21N5O3/c1-10-19-14(23-20-10)9-18-15(16)17-7-6-11-4-5-12(21-2)13(8-11)22-3/h4-5,8H,6-7,9H2,1-3H3,(H3,16,17,18). The highest BCUT2D eigenvalue weighted by Crippen LogP contribution is 2.27. The first-order valence-corrected chi connectivity index (χ1v) is 7.16. The topological polar surface area (TPSA) is 108 Å². The number of nitrogens with one attached hydrogen (secondary N) is 1. The van der Waals surface area contributed by atoms with Crippen LogP contribution in [0.2, 0.25) is 0 Å². The van der Waals surface area contributed by atoms with Gasteiger partial charge in [0.15, 0.2) is 23.3 Å². The molecule has 2 rings (SSSR count). The molecule has 0 bridgehead atoms. The van der Waals surface area contributed by atoms with Gasteiger partial charge in [-0.1, -0.05) is 11.2 Å². The van der Waals surface area contributed by atoms with Crippen LogP contribution in [-0.2, 0) is 13.0 Å². The van der Waals surface area contributed by atoms with Crippen LogP contribution in [0.15, 0.2) is 27.7 Å². The van der Waals surface area contributed by atoms with Crippen LogP contribution in [0.1, 0.15) is 17.3 Å². The van der Waals surface area contributed by atoms with Crippen molar-refractivity contribution in [3.8, 4) is 11.5 Å². The van der Waals surface area contributed by atoms with Crippen LogP contribution in [0.4, 0.5) is 0 Å². The maximum Gasteiger partial charge on any atom is 0.248 e.